The van der Waals surface area contributed by atoms with Gasteiger partial charge in [-0.05, 0) is 32.1 Å². The van der Waals surface area contributed by atoms with Gasteiger partial charge in [0.15, 0.2) is 0 Å². The molecule has 19 heavy (non-hydrogen) atoms. The number of pyridine rings is 1. The Hall–Kier alpha value is -1.62. The largest absolute Gasteiger partial charge is 0.384 e. The molecular weight excluding hydrogens is 240 g/mol. The molecule has 0 spiro atoms. The summed E-state index contributed by atoms with van der Waals surface area (Å²) in [5.74, 6) is 0.315. The monoisotopic (exact) mass is 264 g/mol. The molecule has 1 rings (SSSR count). The molecule has 0 unspecified atom stereocenters. The van der Waals surface area contributed by atoms with E-state index in [0.29, 0.717) is 18.2 Å². The van der Waals surface area contributed by atoms with Gasteiger partial charge in [-0.25, -0.2) is 0 Å². The van der Waals surface area contributed by atoms with Crippen LogP contribution in [0.3, 0.4) is 0 Å². The Balaban J connectivity index is 2.53. The van der Waals surface area contributed by atoms with Crippen molar-refractivity contribution in [1.82, 2.24) is 15.2 Å². The lowest BCUT2D eigenvalue weighted by Gasteiger charge is -2.12. The van der Waals surface area contributed by atoms with E-state index in [1.54, 1.807) is 12.3 Å². The summed E-state index contributed by atoms with van der Waals surface area (Å²) in [6, 6.07) is 3.65. The number of hydrogen-bond acceptors (Lipinski definition) is 4. The number of rotatable bonds is 7. The number of aromatic nitrogens is 1. The smallest absolute Gasteiger partial charge is 0.269 e. The fourth-order valence-electron chi connectivity index (χ4n) is 1.48. The SMILES string of the molecule is CC(C)CNC(=O)c1cc(NCCN(C)C)ccn1. The van der Waals surface area contributed by atoms with E-state index in [0.717, 1.165) is 18.8 Å². The first-order valence-corrected chi connectivity index (χ1v) is 6.62. The van der Waals surface area contributed by atoms with Crippen LogP contribution in [0.2, 0.25) is 0 Å². The Kier molecular flexibility index (Phi) is 6.29. The van der Waals surface area contributed by atoms with Crippen molar-refractivity contribution in [2.24, 2.45) is 5.92 Å². The zero-order chi connectivity index (χ0) is 14.3. The third-order valence-corrected chi connectivity index (χ3v) is 2.55. The van der Waals surface area contributed by atoms with Crippen LogP contribution in [0.4, 0.5) is 5.69 Å². The number of hydrogen-bond donors (Lipinski definition) is 2. The zero-order valence-corrected chi connectivity index (χ0v) is 12.2. The highest BCUT2D eigenvalue weighted by Crippen LogP contribution is 2.07. The third kappa shape index (κ3) is 6.20. The first-order chi connectivity index (χ1) is 8.99. The molecule has 0 aliphatic rings. The summed E-state index contributed by atoms with van der Waals surface area (Å²) in [6.07, 6.45) is 1.66. The minimum atomic E-state index is -0.120. The lowest BCUT2D eigenvalue weighted by molar-refractivity contribution is 0.0944. The fraction of sp³-hybridized carbons (Fsp3) is 0.571. The van der Waals surface area contributed by atoms with E-state index < -0.39 is 0 Å². The predicted molar refractivity (Wildman–Crippen MR) is 78.5 cm³/mol. The van der Waals surface area contributed by atoms with Crippen molar-refractivity contribution in [3.8, 4) is 0 Å². The van der Waals surface area contributed by atoms with E-state index >= 15 is 0 Å². The highest BCUT2D eigenvalue weighted by Gasteiger charge is 2.08. The average molecular weight is 264 g/mol. The van der Waals surface area contributed by atoms with Crippen molar-refractivity contribution in [3.63, 3.8) is 0 Å². The molecule has 0 bridgehead atoms. The Morgan fingerprint density at radius 1 is 1.42 bits per heavy atom. The van der Waals surface area contributed by atoms with Crippen LogP contribution >= 0.6 is 0 Å². The number of anilines is 1. The molecule has 0 aliphatic heterocycles. The highest BCUT2D eigenvalue weighted by molar-refractivity contribution is 5.93. The van der Waals surface area contributed by atoms with Crippen LogP contribution in [-0.2, 0) is 0 Å². The molecule has 5 heteroatoms. The number of nitrogens with zero attached hydrogens (tertiary/aromatic N) is 2. The van der Waals surface area contributed by atoms with Crippen LogP contribution in [0, 0.1) is 5.92 Å². The van der Waals surface area contributed by atoms with Gasteiger partial charge in [0.05, 0.1) is 0 Å². The fourth-order valence-corrected chi connectivity index (χ4v) is 1.48. The molecule has 0 aliphatic carbocycles. The van der Waals surface area contributed by atoms with Gasteiger partial charge in [0.2, 0.25) is 0 Å². The summed E-state index contributed by atoms with van der Waals surface area (Å²) in [7, 11) is 4.05. The summed E-state index contributed by atoms with van der Waals surface area (Å²) >= 11 is 0. The molecule has 0 atom stereocenters. The Bertz CT molecular complexity index is 404. The zero-order valence-electron chi connectivity index (χ0n) is 12.2. The lowest BCUT2D eigenvalue weighted by Crippen LogP contribution is -2.28. The molecule has 0 aromatic carbocycles. The predicted octanol–water partition coefficient (Wildman–Crippen LogP) is 1.44. The van der Waals surface area contributed by atoms with Crippen molar-refractivity contribution >= 4 is 11.6 Å². The topological polar surface area (TPSA) is 57.3 Å². The number of nitrogens with one attached hydrogen (secondary N) is 2. The van der Waals surface area contributed by atoms with Gasteiger partial charge in [-0.2, -0.15) is 0 Å². The Morgan fingerprint density at radius 3 is 2.79 bits per heavy atom. The van der Waals surface area contributed by atoms with Crippen molar-refractivity contribution < 1.29 is 4.79 Å². The van der Waals surface area contributed by atoms with Crippen LogP contribution in [0.1, 0.15) is 24.3 Å². The van der Waals surface area contributed by atoms with Gasteiger partial charge in [-0.15, -0.1) is 0 Å². The lowest BCUT2D eigenvalue weighted by atomic mass is 10.2. The maximum atomic E-state index is 11.9. The maximum Gasteiger partial charge on any atom is 0.269 e. The molecule has 1 amide bonds. The van der Waals surface area contributed by atoms with Crippen LogP contribution < -0.4 is 10.6 Å². The van der Waals surface area contributed by atoms with Crippen LogP contribution in [0.15, 0.2) is 18.3 Å². The molecule has 0 saturated heterocycles. The second-order valence-corrected chi connectivity index (χ2v) is 5.26. The van der Waals surface area contributed by atoms with E-state index in [1.807, 2.05) is 20.2 Å². The Morgan fingerprint density at radius 2 is 2.16 bits per heavy atom. The molecule has 1 aromatic heterocycles. The number of carbonyl (C=O) groups is 1. The van der Waals surface area contributed by atoms with Gasteiger partial charge in [0.1, 0.15) is 5.69 Å². The van der Waals surface area contributed by atoms with Gasteiger partial charge < -0.3 is 15.5 Å². The first kappa shape index (κ1) is 15.4. The molecule has 1 heterocycles. The van der Waals surface area contributed by atoms with Gasteiger partial charge in [-0.1, -0.05) is 13.8 Å². The van der Waals surface area contributed by atoms with E-state index in [1.165, 1.54) is 0 Å². The summed E-state index contributed by atoms with van der Waals surface area (Å²) in [4.78, 5) is 18.1. The maximum absolute atomic E-state index is 11.9. The molecule has 0 saturated carbocycles. The summed E-state index contributed by atoms with van der Waals surface area (Å²) in [5, 5.41) is 6.14. The van der Waals surface area contributed by atoms with E-state index in [4.69, 9.17) is 0 Å². The second kappa shape index (κ2) is 7.74. The number of likely N-dealkylation sites (N-methyl/N-ethyl adjacent to an activating group) is 1. The van der Waals surface area contributed by atoms with Crippen molar-refractivity contribution in [2.45, 2.75) is 13.8 Å². The molecule has 0 fully saturated rings. The van der Waals surface area contributed by atoms with Gasteiger partial charge in [-0.3, -0.25) is 9.78 Å². The highest BCUT2D eigenvalue weighted by atomic mass is 16.1. The van der Waals surface area contributed by atoms with Crippen molar-refractivity contribution in [1.29, 1.82) is 0 Å². The summed E-state index contributed by atoms with van der Waals surface area (Å²) < 4.78 is 0. The number of carbonyl (C=O) groups excluding carboxylic acids is 1. The van der Waals surface area contributed by atoms with Crippen molar-refractivity contribution in [2.75, 3.05) is 39.0 Å². The van der Waals surface area contributed by atoms with Crippen LogP contribution in [0.25, 0.3) is 0 Å². The molecule has 1 aromatic rings. The minimum absolute atomic E-state index is 0.120. The summed E-state index contributed by atoms with van der Waals surface area (Å²) in [5.41, 5.74) is 1.38. The van der Waals surface area contributed by atoms with Gasteiger partial charge in [0.25, 0.3) is 5.91 Å². The summed E-state index contributed by atoms with van der Waals surface area (Å²) in [6.45, 7) is 6.57. The van der Waals surface area contributed by atoms with Crippen molar-refractivity contribution in [3.05, 3.63) is 24.0 Å². The van der Waals surface area contributed by atoms with E-state index in [-0.39, 0.29) is 5.91 Å². The standard InChI is InChI=1S/C14H24N4O/c1-11(2)10-17-14(19)13-9-12(5-6-16-13)15-7-8-18(3)4/h5-6,9,11H,7-8,10H2,1-4H3,(H,15,16)(H,17,19). The first-order valence-electron chi connectivity index (χ1n) is 6.62. The number of amides is 1. The quantitative estimate of drug-likeness (QED) is 0.782. The average Bonchev–Trinajstić information content (AvgIpc) is 2.36. The second-order valence-electron chi connectivity index (χ2n) is 5.26. The van der Waals surface area contributed by atoms with Crippen LogP contribution in [0.5, 0.6) is 0 Å². The Labute approximate surface area is 115 Å². The molecule has 5 nitrogen and oxygen atoms in total. The third-order valence-electron chi connectivity index (χ3n) is 2.55. The van der Waals surface area contributed by atoms with Gasteiger partial charge >= 0.3 is 0 Å². The van der Waals surface area contributed by atoms with Gasteiger partial charge in [0, 0.05) is 31.5 Å². The van der Waals surface area contributed by atoms with E-state index in [2.05, 4.69) is 34.4 Å². The van der Waals surface area contributed by atoms with E-state index in [9.17, 15) is 4.79 Å². The molecule has 0 radical (unpaired) electrons. The normalized spacial score (nSPS) is 10.8. The van der Waals surface area contributed by atoms with Crippen LogP contribution in [-0.4, -0.2) is 49.5 Å². The molecule has 2 N–H and O–H groups in total. The molecule has 106 valence electrons. The minimum Gasteiger partial charge on any atom is -0.384 e. The molecular formula is C14H24N4O.